The Bertz CT molecular complexity index is 237. The standard InChI is InChI=1S/C9H13NS/c1-8-5-9(11-7-8)6-10-3-2-4-10/h5,7H,2-4,6H2,1H3. The summed E-state index contributed by atoms with van der Waals surface area (Å²) in [4.78, 5) is 4.01. The molecule has 0 unspecified atom stereocenters. The van der Waals surface area contributed by atoms with Gasteiger partial charge in [-0.15, -0.1) is 11.3 Å². The van der Waals surface area contributed by atoms with Crippen LogP contribution >= 0.6 is 11.3 Å². The van der Waals surface area contributed by atoms with E-state index >= 15 is 0 Å². The minimum absolute atomic E-state index is 1.18. The third-order valence-corrected chi connectivity index (χ3v) is 3.15. The molecule has 1 saturated heterocycles. The van der Waals surface area contributed by atoms with E-state index in [0.29, 0.717) is 0 Å². The van der Waals surface area contributed by atoms with Crippen LogP contribution in [-0.2, 0) is 6.54 Å². The van der Waals surface area contributed by atoms with E-state index in [0.717, 1.165) is 0 Å². The maximum atomic E-state index is 2.49. The van der Waals surface area contributed by atoms with Gasteiger partial charge in [0.2, 0.25) is 0 Å². The second kappa shape index (κ2) is 2.95. The molecule has 0 amide bonds. The van der Waals surface area contributed by atoms with E-state index in [1.54, 1.807) is 0 Å². The Morgan fingerprint density at radius 1 is 1.55 bits per heavy atom. The molecule has 1 fully saturated rings. The Morgan fingerprint density at radius 3 is 2.82 bits per heavy atom. The van der Waals surface area contributed by atoms with Crippen LogP contribution < -0.4 is 0 Å². The average molecular weight is 167 g/mol. The van der Waals surface area contributed by atoms with E-state index in [4.69, 9.17) is 0 Å². The molecule has 1 aromatic rings. The molecule has 1 aromatic heterocycles. The second-order valence-electron chi connectivity index (χ2n) is 3.22. The third-order valence-electron chi connectivity index (χ3n) is 2.11. The van der Waals surface area contributed by atoms with Gasteiger partial charge in [-0.3, -0.25) is 4.90 Å². The molecule has 1 nitrogen and oxygen atoms in total. The van der Waals surface area contributed by atoms with Gasteiger partial charge >= 0.3 is 0 Å². The smallest absolute Gasteiger partial charge is 0.0328 e. The van der Waals surface area contributed by atoms with Crippen LogP contribution in [0, 0.1) is 6.92 Å². The lowest BCUT2D eigenvalue weighted by Crippen LogP contribution is -2.35. The molecule has 0 atom stereocenters. The molecular formula is C9H13NS. The van der Waals surface area contributed by atoms with E-state index in [2.05, 4.69) is 23.3 Å². The van der Waals surface area contributed by atoms with Gasteiger partial charge in [0.05, 0.1) is 0 Å². The maximum Gasteiger partial charge on any atom is 0.0328 e. The topological polar surface area (TPSA) is 3.24 Å². The Kier molecular flexibility index (Phi) is 1.96. The fourth-order valence-electron chi connectivity index (χ4n) is 1.33. The molecular weight excluding hydrogens is 154 g/mol. The van der Waals surface area contributed by atoms with Crippen molar-refractivity contribution in [2.45, 2.75) is 19.9 Å². The van der Waals surface area contributed by atoms with Crippen LogP contribution in [0.1, 0.15) is 16.9 Å². The Labute approximate surface area is 71.7 Å². The number of rotatable bonds is 2. The summed E-state index contributed by atoms with van der Waals surface area (Å²) in [5.74, 6) is 0. The highest BCUT2D eigenvalue weighted by Crippen LogP contribution is 2.18. The molecule has 2 heteroatoms. The quantitative estimate of drug-likeness (QED) is 0.653. The van der Waals surface area contributed by atoms with Crippen molar-refractivity contribution < 1.29 is 0 Å². The summed E-state index contributed by atoms with van der Waals surface area (Å²) < 4.78 is 0. The number of hydrogen-bond donors (Lipinski definition) is 0. The van der Waals surface area contributed by atoms with Gasteiger partial charge in [-0.25, -0.2) is 0 Å². The van der Waals surface area contributed by atoms with Crippen LogP contribution in [-0.4, -0.2) is 18.0 Å². The molecule has 0 N–H and O–H groups in total. The van der Waals surface area contributed by atoms with Gasteiger partial charge in [0.25, 0.3) is 0 Å². The summed E-state index contributed by atoms with van der Waals surface area (Å²) in [7, 11) is 0. The molecule has 0 aromatic carbocycles. The van der Waals surface area contributed by atoms with Crippen LogP contribution in [0.3, 0.4) is 0 Å². The normalized spacial score (nSPS) is 18.3. The first-order valence-electron chi connectivity index (χ1n) is 4.11. The molecule has 1 aliphatic rings. The molecule has 0 spiro atoms. The molecule has 0 bridgehead atoms. The fraction of sp³-hybridized carbons (Fsp3) is 0.556. The van der Waals surface area contributed by atoms with Gasteiger partial charge in [-0.2, -0.15) is 0 Å². The molecule has 60 valence electrons. The predicted octanol–water partition coefficient (Wildman–Crippen LogP) is 2.26. The van der Waals surface area contributed by atoms with E-state index in [9.17, 15) is 0 Å². The van der Waals surface area contributed by atoms with Gasteiger partial charge in [-0.05, 0) is 43.4 Å². The summed E-state index contributed by atoms with van der Waals surface area (Å²) in [6.45, 7) is 5.95. The molecule has 1 aliphatic heterocycles. The molecule has 2 rings (SSSR count). The first kappa shape index (κ1) is 7.32. The van der Waals surface area contributed by atoms with Gasteiger partial charge in [0.15, 0.2) is 0 Å². The van der Waals surface area contributed by atoms with Gasteiger partial charge < -0.3 is 0 Å². The van der Waals surface area contributed by atoms with Crippen molar-refractivity contribution in [3.8, 4) is 0 Å². The molecule has 0 aliphatic carbocycles. The second-order valence-corrected chi connectivity index (χ2v) is 4.22. The highest BCUT2D eigenvalue weighted by atomic mass is 32.1. The van der Waals surface area contributed by atoms with Crippen LogP contribution in [0.2, 0.25) is 0 Å². The van der Waals surface area contributed by atoms with Crippen LogP contribution in [0.4, 0.5) is 0 Å². The first-order chi connectivity index (χ1) is 5.34. The maximum absolute atomic E-state index is 2.49. The van der Waals surface area contributed by atoms with E-state index in [1.165, 1.54) is 36.5 Å². The van der Waals surface area contributed by atoms with Crippen LogP contribution in [0.15, 0.2) is 11.4 Å². The first-order valence-corrected chi connectivity index (χ1v) is 4.99. The number of thiophene rings is 1. The molecule has 0 saturated carbocycles. The molecule has 11 heavy (non-hydrogen) atoms. The predicted molar refractivity (Wildman–Crippen MR) is 49.0 cm³/mol. The average Bonchev–Trinajstić information content (AvgIpc) is 2.27. The van der Waals surface area contributed by atoms with Gasteiger partial charge in [0, 0.05) is 11.4 Å². The third kappa shape index (κ3) is 1.63. The van der Waals surface area contributed by atoms with Crippen molar-refractivity contribution in [3.63, 3.8) is 0 Å². The van der Waals surface area contributed by atoms with Gasteiger partial charge in [0.1, 0.15) is 0 Å². The number of aryl methyl sites for hydroxylation is 1. The lowest BCUT2D eigenvalue weighted by molar-refractivity contribution is 0.174. The zero-order chi connectivity index (χ0) is 7.68. The van der Waals surface area contributed by atoms with Crippen molar-refractivity contribution in [2.75, 3.05) is 13.1 Å². The fourth-order valence-corrected chi connectivity index (χ4v) is 2.25. The van der Waals surface area contributed by atoms with Gasteiger partial charge in [-0.1, -0.05) is 0 Å². The number of likely N-dealkylation sites (tertiary alicyclic amines) is 1. The Balaban J connectivity index is 1.95. The van der Waals surface area contributed by atoms with Crippen molar-refractivity contribution in [2.24, 2.45) is 0 Å². The summed E-state index contributed by atoms with van der Waals surface area (Å²) in [6.07, 6.45) is 1.39. The van der Waals surface area contributed by atoms with E-state index in [-0.39, 0.29) is 0 Å². The lowest BCUT2D eigenvalue weighted by Gasteiger charge is -2.29. The monoisotopic (exact) mass is 167 g/mol. The minimum Gasteiger partial charge on any atom is -0.298 e. The highest BCUT2D eigenvalue weighted by molar-refractivity contribution is 7.10. The lowest BCUT2D eigenvalue weighted by atomic mass is 10.2. The van der Waals surface area contributed by atoms with Crippen LogP contribution in [0.25, 0.3) is 0 Å². The largest absolute Gasteiger partial charge is 0.298 e. The van der Waals surface area contributed by atoms with Crippen molar-refractivity contribution in [3.05, 3.63) is 21.9 Å². The summed E-state index contributed by atoms with van der Waals surface area (Å²) in [5, 5.41) is 2.23. The number of nitrogens with zero attached hydrogens (tertiary/aromatic N) is 1. The van der Waals surface area contributed by atoms with E-state index in [1.807, 2.05) is 11.3 Å². The Hall–Kier alpha value is -0.340. The van der Waals surface area contributed by atoms with Crippen molar-refractivity contribution in [1.29, 1.82) is 0 Å². The summed E-state index contributed by atoms with van der Waals surface area (Å²) in [5.41, 5.74) is 1.41. The minimum atomic E-state index is 1.18. The number of hydrogen-bond acceptors (Lipinski definition) is 2. The Morgan fingerprint density at radius 2 is 2.36 bits per heavy atom. The van der Waals surface area contributed by atoms with Crippen LogP contribution in [0.5, 0.6) is 0 Å². The SMILES string of the molecule is Cc1csc(CN2CCC2)c1. The molecule has 0 radical (unpaired) electrons. The zero-order valence-electron chi connectivity index (χ0n) is 6.84. The summed E-state index contributed by atoms with van der Waals surface area (Å²) >= 11 is 1.89. The zero-order valence-corrected chi connectivity index (χ0v) is 7.66. The summed E-state index contributed by atoms with van der Waals surface area (Å²) in [6, 6.07) is 2.29. The molecule has 2 heterocycles. The highest BCUT2D eigenvalue weighted by Gasteiger charge is 2.13. The van der Waals surface area contributed by atoms with Crippen molar-refractivity contribution >= 4 is 11.3 Å². The van der Waals surface area contributed by atoms with E-state index < -0.39 is 0 Å². The van der Waals surface area contributed by atoms with Crippen molar-refractivity contribution in [1.82, 2.24) is 4.90 Å².